The van der Waals surface area contributed by atoms with Gasteiger partial charge in [-0.2, -0.15) is 10.2 Å². The SMILES string of the molecule is CC(C)(C)OC(=O)NCCCn1cc2c(n1)c(N)nc1cc(-c3ccnn3C3CCCCO3)ccc12. The Bertz CT molecular complexity index is 1380. The zero-order valence-corrected chi connectivity index (χ0v) is 21.0. The second-order valence-electron chi connectivity index (χ2n) is 10.1. The van der Waals surface area contributed by atoms with Crippen LogP contribution in [0.3, 0.4) is 0 Å². The average Bonchev–Trinajstić information content (AvgIpc) is 3.49. The molecule has 190 valence electrons. The first-order valence-corrected chi connectivity index (χ1v) is 12.5. The third-order valence-electron chi connectivity index (χ3n) is 6.16. The second-order valence-corrected chi connectivity index (χ2v) is 10.1. The van der Waals surface area contributed by atoms with E-state index < -0.39 is 11.7 Å². The maximum absolute atomic E-state index is 11.8. The molecule has 1 aromatic carbocycles. The highest BCUT2D eigenvalue weighted by Crippen LogP contribution is 2.32. The van der Waals surface area contributed by atoms with Crippen molar-refractivity contribution in [3.05, 3.63) is 36.7 Å². The lowest BCUT2D eigenvalue weighted by Gasteiger charge is -2.24. The highest BCUT2D eigenvalue weighted by molar-refractivity contribution is 6.08. The number of carbonyl (C=O) groups excluding carboxylic acids is 1. The Balaban J connectivity index is 1.34. The largest absolute Gasteiger partial charge is 0.444 e. The zero-order chi connectivity index (χ0) is 25.3. The molecule has 4 heterocycles. The van der Waals surface area contributed by atoms with Crippen molar-refractivity contribution in [2.45, 2.75) is 64.8 Å². The molecule has 5 rings (SSSR count). The van der Waals surface area contributed by atoms with Crippen LogP contribution in [0.15, 0.2) is 36.7 Å². The van der Waals surface area contributed by atoms with E-state index in [2.05, 4.69) is 32.6 Å². The molecule has 1 aliphatic rings. The third kappa shape index (κ3) is 5.13. The molecule has 3 aromatic heterocycles. The van der Waals surface area contributed by atoms with Crippen LogP contribution >= 0.6 is 0 Å². The van der Waals surface area contributed by atoms with Crippen LogP contribution in [0.1, 0.15) is 52.7 Å². The van der Waals surface area contributed by atoms with Gasteiger partial charge in [-0.3, -0.25) is 4.68 Å². The molecule has 1 aliphatic heterocycles. The Hall–Kier alpha value is -3.66. The molecule has 10 heteroatoms. The van der Waals surface area contributed by atoms with E-state index >= 15 is 0 Å². The van der Waals surface area contributed by atoms with Gasteiger partial charge >= 0.3 is 6.09 Å². The second kappa shape index (κ2) is 9.77. The van der Waals surface area contributed by atoms with Crippen LogP contribution in [0.2, 0.25) is 0 Å². The van der Waals surface area contributed by atoms with Crippen LogP contribution in [0, 0.1) is 0 Å². The molecule has 0 aliphatic carbocycles. The standard InChI is InChI=1S/C26H33N7O3/c1-26(2,3)36-25(34)28-11-6-13-32-16-19-18-9-8-17(15-20(18)30-24(27)23(19)31-32)21-10-12-29-33(21)22-7-4-5-14-35-22/h8-10,12,15-16,22H,4-7,11,13-14H2,1-3H3,(H2,27,30)(H,28,34). The summed E-state index contributed by atoms with van der Waals surface area (Å²) in [4.78, 5) is 16.5. The molecule has 1 atom stereocenters. The Morgan fingerprint density at radius 2 is 2.11 bits per heavy atom. The number of alkyl carbamates (subject to hydrolysis) is 1. The quantitative estimate of drug-likeness (QED) is 0.377. The summed E-state index contributed by atoms with van der Waals surface area (Å²) in [5.74, 6) is 0.393. The number of aryl methyl sites for hydroxylation is 1. The fourth-order valence-corrected chi connectivity index (χ4v) is 4.55. The van der Waals surface area contributed by atoms with Crippen molar-refractivity contribution in [1.82, 2.24) is 29.9 Å². The van der Waals surface area contributed by atoms with Crippen LogP contribution in [0.25, 0.3) is 33.1 Å². The number of fused-ring (bicyclic) bond motifs is 3. The maximum atomic E-state index is 11.8. The molecule has 1 amide bonds. The lowest BCUT2D eigenvalue weighted by atomic mass is 10.1. The zero-order valence-electron chi connectivity index (χ0n) is 21.0. The van der Waals surface area contributed by atoms with Gasteiger partial charge in [-0.25, -0.2) is 14.5 Å². The number of nitrogens with two attached hydrogens (primary N) is 1. The molecular weight excluding hydrogens is 458 g/mol. The summed E-state index contributed by atoms with van der Waals surface area (Å²) in [5.41, 5.74) is 9.29. The monoisotopic (exact) mass is 491 g/mol. The molecule has 1 unspecified atom stereocenters. The topological polar surface area (TPSA) is 122 Å². The normalized spacial score (nSPS) is 16.5. The maximum Gasteiger partial charge on any atom is 0.407 e. The lowest BCUT2D eigenvalue weighted by Crippen LogP contribution is -2.33. The molecule has 4 aromatic rings. The predicted molar refractivity (Wildman–Crippen MR) is 138 cm³/mol. The number of hydrogen-bond acceptors (Lipinski definition) is 7. The van der Waals surface area contributed by atoms with Crippen molar-refractivity contribution in [3.63, 3.8) is 0 Å². The van der Waals surface area contributed by atoms with Crippen molar-refractivity contribution >= 4 is 33.7 Å². The molecular formula is C26H33N7O3. The van der Waals surface area contributed by atoms with E-state index in [9.17, 15) is 4.79 Å². The van der Waals surface area contributed by atoms with E-state index in [1.54, 1.807) is 0 Å². The van der Waals surface area contributed by atoms with Gasteiger partial charge in [0.05, 0.1) is 11.2 Å². The number of anilines is 1. The van der Waals surface area contributed by atoms with Gasteiger partial charge in [0.15, 0.2) is 12.0 Å². The van der Waals surface area contributed by atoms with E-state index in [-0.39, 0.29) is 6.23 Å². The summed E-state index contributed by atoms with van der Waals surface area (Å²) >= 11 is 0. The number of hydrogen-bond donors (Lipinski definition) is 2. The van der Waals surface area contributed by atoms with Crippen LogP contribution in [0.5, 0.6) is 0 Å². The van der Waals surface area contributed by atoms with Gasteiger partial charge in [-0.05, 0) is 58.6 Å². The predicted octanol–water partition coefficient (Wildman–Crippen LogP) is 4.64. The molecule has 0 spiro atoms. The summed E-state index contributed by atoms with van der Waals surface area (Å²) in [5, 5.41) is 13.9. The van der Waals surface area contributed by atoms with Crippen LogP contribution < -0.4 is 11.1 Å². The van der Waals surface area contributed by atoms with Gasteiger partial charge in [-0.15, -0.1) is 0 Å². The lowest BCUT2D eigenvalue weighted by molar-refractivity contribution is -0.0383. The molecule has 1 fully saturated rings. The van der Waals surface area contributed by atoms with Gasteiger partial charge in [-0.1, -0.05) is 12.1 Å². The summed E-state index contributed by atoms with van der Waals surface area (Å²) in [7, 11) is 0. The van der Waals surface area contributed by atoms with Crippen molar-refractivity contribution in [1.29, 1.82) is 0 Å². The first-order valence-electron chi connectivity index (χ1n) is 12.5. The number of ether oxygens (including phenoxy) is 2. The smallest absolute Gasteiger partial charge is 0.407 e. The van der Waals surface area contributed by atoms with Crippen LogP contribution in [0.4, 0.5) is 10.6 Å². The molecule has 3 N–H and O–H groups in total. The highest BCUT2D eigenvalue weighted by Gasteiger charge is 2.20. The Morgan fingerprint density at radius 1 is 1.25 bits per heavy atom. The number of benzene rings is 1. The Labute approximate surface area is 209 Å². The van der Waals surface area contributed by atoms with E-state index in [1.807, 2.05) is 54.7 Å². The Morgan fingerprint density at radius 3 is 2.89 bits per heavy atom. The fraction of sp³-hybridized carbons (Fsp3) is 0.462. The van der Waals surface area contributed by atoms with Gasteiger partial charge < -0.3 is 20.5 Å². The van der Waals surface area contributed by atoms with Crippen molar-refractivity contribution < 1.29 is 14.3 Å². The number of nitrogens with one attached hydrogen (secondary N) is 1. The van der Waals surface area contributed by atoms with Gasteiger partial charge in [0.1, 0.15) is 11.1 Å². The highest BCUT2D eigenvalue weighted by atomic mass is 16.6. The molecule has 36 heavy (non-hydrogen) atoms. The van der Waals surface area contributed by atoms with Crippen LogP contribution in [-0.2, 0) is 16.0 Å². The van der Waals surface area contributed by atoms with Crippen molar-refractivity contribution in [2.24, 2.45) is 0 Å². The van der Waals surface area contributed by atoms with Crippen molar-refractivity contribution in [2.75, 3.05) is 18.9 Å². The van der Waals surface area contributed by atoms with E-state index in [4.69, 9.17) is 15.2 Å². The van der Waals surface area contributed by atoms with E-state index in [0.29, 0.717) is 30.8 Å². The van der Waals surface area contributed by atoms with Gasteiger partial charge in [0.2, 0.25) is 0 Å². The summed E-state index contributed by atoms with van der Waals surface area (Å²) in [6.45, 7) is 7.40. The summed E-state index contributed by atoms with van der Waals surface area (Å²) in [6, 6.07) is 8.20. The number of nitrogen functional groups attached to an aromatic ring is 1. The van der Waals surface area contributed by atoms with E-state index in [1.165, 1.54) is 0 Å². The minimum atomic E-state index is -0.515. The molecule has 0 radical (unpaired) electrons. The van der Waals surface area contributed by atoms with Crippen molar-refractivity contribution in [3.8, 4) is 11.3 Å². The minimum Gasteiger partial charge on any atom is -0.444 e. The van der Waals surface area contributed by atoms with Crippen LogP contribution in [-0.4, -0.2) is 49.4 Å². The number of pyridine rings is 1. The summed E-state index contributed by atoms with van der Waals surface area (Å²) < 4.78 is 15.0. The molecule has 1 saturated heterocycles. The first kappa shape index (κ1) is 24.1. The first-order chi connectivity index (χ1) is 17.3. The summed E-state index contributed by atoms with van der Waals surface area (Å²) in [6.07, 6.45) is 7.24. The van der Waals surface area contributed by atoms with Gasteiger partial charge in [0, 0.05) is 48.4 Å². The average molecular weight is 492 g/mol. The fourth-order valence-electron chi connectivity index (χ4n) is 4.55. The number of carbonyl (C=O) groups is 1. The number of amides is 1. The minimum absolute atomic E-state index is 0.0389. The number of nitrogens with zero attached hydrogens (tertiary/aromatic N) is 5. The molecule has 10 nitrogen and oxygen atoms in total. The number of rotatable bonds is 6. The number of aromatic nitrogens is 5. The van der Waals surface area contributed by atoms with Gasteiger partial charge in [0.25, 0.3) is 0 Å². The third-order valence-corrected chi connectivity index (χ3v) is 6.16. The van der Waals surface area contributed by atoms with E-state index in [0.717, 1.165) is 53.4 Å². The Kier molecular flexibility index (Phi) is 6.53. The molecule has 0 bridgehead atoms. The molecule has 0 saturated carbocycles.